The highest BCUT2D eigenvalue weighted by Gasteiger charge is 2.43. The van der Waals surface area contributed by atoms with E-state index in [9.17, 15) is 9.59 Å². The number of amides is 2. The van der Waals surface area contributed by atoms with E-state index in [1.54, 1.807) is 43.0 Å². The molecule has 1 aliphatic rings. The lowest BCUT2D eigenvalue weighted by Crippen LogP contribution is -2.46. The van der Waals surface area contributed by atoms with Crippen LogP contribution >= 0.6 is 11.8 Å². The molecule has 3 rings (SSSR count). The molecule has 0 radical (unpaired) electrons. The lowest BCUT2D eigenvalue weighted by Gasteiger charge is -2.40. The van der Waals surface area contributed by atoms with Crippen LogP contribution in [0.4, 0.5) is 0 Å². The van der Waals surface area contributed by atoms with Gasteiger partial charge in [0.2, 0.25) is 5.91 Å². The molecule has 2 aromatic carbocycles. The number of carbonyl (C=O) groups excluding carboxylic acids is 2. The van der Waals surface area contributed by atoms with Crippen LogP contribution < -0.4 is 14.8 Å². The van der Waals surface area contributed by atoms with E-state index in [1.807, 2.05) is 44.4 Å². The molecule has 1 N–H and O–H groups in total. The number of benzene rings is 2. The van der Waals surface area contributed by atoms with Crippen LogP contribution in [0, 0.1) is 0 Å². The van der Waals surface area contributed by atoms with Gasteiger partial charge in [-0.05, 0) is 55.5 Å². The summed E-state index contributed by atoms with van der Waals surface area (Å²) in [5.41, 5.74) is 2.01. The first-order valence-corrected chi connectivity index (χ1v) is 11.0. The minimum absolute atomic E-state index is 0.0245. The van der Waals surface area contributed by atoms with Crippen molar-refractivity contribution in [3.05, 3.63) is 53.1 Å². The molecule has 1 heterocycles. The average Bonchev–Trinajstić information content (AvgIpc) is 2.74. The van der Waals surface area contributed by atoms with Crippen LogP contribution in [0.2, 0.25) is 0 Å². The maximum atomic E-state index is 13.4. The smallest absolute Gasteiger partial charge is 0.254 e. The number of ether oxygens (including phenoxy) is 2. The largest absolute Gasteiger partial charge is 0.493 e. The van der Waals surface area contributed by atoms with Crippen molar-refractivity contribution in [2.24, 2.45) is 0 Å². The zero-order valence-corrected chi connectivity index (χ0v) is 19.0. The summed E-state index contributed by atoms with van der Waals surface area (Å²) in [4.78, 5) is 29.4. The highest BCUT2D eigenvalue weighted by molar-refractivity contribution is 7.98. The fourth-order valence-electron chi connectivity index (χ4n) is 3.92. The van der Waals surface area contributed by atoms with E-state index in [4.69, 9.17) is 9.47 Å². The van der Waals surface area contributed by atoms with E-state index in [0.717, 1.165) is 10.5 Å². The number of likely N-dealkylation sites (N-methyl/N-ethyl adjacent to an activating group) is 1. The van der Waals surface area contributed by atoms with Crippen LogP contribution in [0.3, 0.4) is 0 Å². The summed E-state index contributed by atoms with van der Waals surface area (Å²) < 4.78 is 10.8. The van der Waals surface area contributed by atoms with Crippen molar-refractivity contribution >= 4 is 23.6 Å². The van der Waals surface area contributed by atoms with Crippen molar-refractivity contribution < 1.29 is 19.1 Å². The van der Waals surface area contributed by atoms with Crippen LogP contribution in [-0.2, 0) is 4.79 Å². The molecule has 30 heavy (non-hydrogen) atoms. The summed E-state index contributed by atoms with van der Waals surface area (Å²) in [6.07, 6.45) is 2.01. The summed E-state index contributed by atoms with van der Waals surface area (Å²) in [6, 6.07) is 11.0. The van der Waals surface area contributed by atoms with E-state index in [1.165, 1.54) is 7.11 Å². The minimum atomic E-state index is -0.579. The Kier molecular flexibility index (Phi) is 6.61. The van der Waals surface area contributed by atoms with Crippen molar-refractivity contribution in [3.63, 3.8) is 0 Å². The van der Waals surface area contributed by atoms with Crippen LogP contribution in [-0.4, -0.2) is 50.3 Å². The number of hydrogen-bond acceptors (Lipinski definition) is 5. The third-order valence-electron chi connectivity index (χ3n) is 5.35. The normalized spacial score (nSPS) is 18.2. The number of carbonyl (C=O) groups is 2. The molecule has 1 aliphatic heterocycles. The quantitative estimate of drug-likeness (QED) is 0.708. The first-order valence-electron chi connectivity index (χ1n) is 9.79. The van der Waals surface area contributed by atoms with Gasteiger partial charge in [0.1, 0.15) is 0 Å². The van der Waals surface area contributed by atoms with Gasteiger partial charge in [-0.25, -0.2) is 0 Å². The van der Waals surface area contributed by atoms with E-state index in [-0.39, 0.29) is 17.9 Å². The number of rotatable bonds is 6. The van der Waals surface area contributed by atoms with Gasteiger partial charge in [0.05, 0.1) is 26.2 Å². The zero-order chi connectivity index (χ0) is 22.0. The van der Waals surface area contributed by atoms with Crippen molar-refractivity contribution in [2.45, 2.75) is 36.7 Å². The molecule has 0 unspecified atom stereocenters. The summed E-state index contributed by atoms with van der Waals surface area (Å²) in [7, 11) is 4.81. The fourth-order valence-corrected chi connectivity index (χ4v) is 4.33. The van der Waals surface area contributed by atoms with Crippen molar-refractivity contribution in [1.29, 1.82) is 0 Å². The molecule has 2 aromatic rings. The van der Waals surface area contributed by atoms with Crippen LogP contribution in [0.25, 0.3) is 0 Å². The van der Waals surface area contributed by atoms with Crippen LogP contribution in [0.5, 0.6) is 11.5 Å². The number of methoxy groups -OCH3 is 2. The molecule has 0 aromatic heterocycles. The van der Waals surface area contributed by atoms with Gasteiger partial charge in [0.15, 0.2) is 11.5 Å². The second-order valence-corrected chi connectivity index (χ2v) is 8.45. The van der Waals surface area contributed by atoms with Gasteiger partial charge in [-0.15, -0.1) is 11.8 Å². The molecule has 2 atom stereocenters. The van der Waals surface area contributed by atoms with Gasteiger partial charge in [0, 0.05) is 23.5 Å². The Labute approximate surface area is 181 Å². The molecule has 160 valence electrons. The molecule has 0 spiro atoms. The Balaban J connectivity index is 2.21. The second-order valence-electron chi connectivity index (χ2n) is 7.57. The van der Waals surface area contributed by atoms with Gasteiger partial charge >= 0.3 is 0 Å². The van der Waals surface area contributed by atoms with Gasteiger partial charge in [-0.3, -0.25) is 9.59 Å². The molecule has 0 saturated carbocycles. The molecule has 6 nitrogen and oxygen atoms in total. The summed E-state index contributed by atoms with van der Waals surface area (Å²) in [6.45, 7) is 3.85. The lowest BCUT2D eigenvalue weighted by molar-refractivity contribution is -0.124. The third-order valence-corrected chi connectivity index (χ3v) is 6.09. The monoisotopic (exact) mass is 428 g/mol. The van der Waals surface area contributed by atoms with E-state index >= 15 is 0 Å². The van der Waals surface area contributed by atoms with Crippen molar-refractivity contribution in [2.75, 3.05) is 27.5 Å². The molecule has 0 fully saturated rings. The maximum Gasteiger partial charge on any atom is 0.254 e. The molecular weight excluding hydrogens is 400 g/mol. The molecular formula is C23H28N2O4S. The summed E-state index contributed by atoms with van der Waals surface area (Å²) >= 11 is 1.65. The number of thioether (sulfide) groups is 1. The van der Waals surface area contributed by atoms with Crippen molar-refractivity contribution in [3.8, 4) is 11.5 Å². The Morgan fingerprint density at radius 2 is 1.70 bits per heavy atom. The summed E-state index contributed by atoms with van der Waals surface area (Å²) in [5.74, 6) is 0.0940. The summed E-state index contributed by atoms with van der Waals surface area (Å²) in [5, 5.41) is 3.02. The molecule has 2 amide bonds. The molecule has 0 bridgehead atoms. The third kappa shape index (κ3) is 3.99. The Morgan fingerprint density at radius 3 is 2.23 bits per heavy atom. The Bertz CT molecular complexity index is 943. The average molecular weight is 429 g/mol. The fraction of sp³-hybridized carbons (Fsp3) is 0.391. The van der Waals surface area contributed by atoms with Gasteiger partial charge < -0.3 is 19.7 Å². The highest BCUT2D eigenvalue weighted by atomic mass is 32.2. The van der Waals surface area contributed by atoms with Crippen LogP contribution in [0.15, 0.2) is 41.3 Å². The lowest BCUT2D eigenvalue weighted by atomic mass is 9.79. The first-order chi connectivity index (χ1) is 14.3. The van der Waals surface area contributed by atoms with Gasteiger partial charge in [0.25, 0.3) is 5.91 Å². The highest BCUT2D eigenvalue weighted by Crippen LogP contribution is 2.45. The maximum absolute atomic E-state index is 13.4. The topological polar surface area (TPSA) is 67.9 Å². The number of nitrogens with one attached hydrogen (secondary N) is 1. The number of fused-ring (bicyclic) bond motifs is 1. The van der Waals surface area contributed by atoms with Gasteiger partial charge in [-0.1, -0.05) is 12.1 Å². The molecule has 0 aliphatic carbocycles. The van der Waals surface area contributed by atoms with E-state index < -0.39 is 12.0 Å². The van der Waals surface area contributed by atoms with Crippen molar-refractivity contribution in [1.82, 2.24) is 10.2 Å². The predicted molar refractivity (Wildman–Crippen MR) is 119 cm³/mol. The Morgan fingerprint density at radius 1 is 1.10 bits per heavy atom. The number of nitrogens with zero attached hydrogens (tertiary/aromatic N) is 1. The molecule has 0 saturated heterocycles. The SMILES string of the molecule is COc1cc2c(cc1OC)[C@H](C(=O)NC(C)C)[C@@H](c1ccc(SC)cc1)N(C)C2=O. The van der Waals surface area contributed by atoms with E-state index in [0.29, 0.717) is 22.6 Å². The predicted octanol–water partition coefficient (Wildman–Crippen LogP) is 3.86. The molecule has 7 heteroatoms. The second kappa shape index (κ2) is 9.00. The first kappa shape index (κ1) is 22.0. The van der Waals surface area contributed by atoms with Gasteiger partial charge in [-0.2, -0.15) is 0 Å². The van der Waals surface area contributed by atoms with E-state index in [2.05, 4.69) is 5.32 Å². The van der Waals surface area contributed by atoms with Crippen LogP contribution in [0.1, 0.15) is 47.3 Å². The standard InChI is InChI=1S/C23H28N2O4S/c1-13(2)24-22(26)20-16-11-18(28-4)19(29-5)12-17(16)23(27)25(3)21(20)14-7-9-15(30-6)10-8-14/h7-13,20-21H,1-6H3,(H,24,26)/t20-,21+/m0/s1. The minimum Gasteiger partial charge on any atom is -0.493 e. The zero-order valence-electron chi connectivity index (χ0n) is 18.2. The number of hydrogen-bond donors (Lipinski definition) is 1. The Hall–Kier alpha value is -2.67.